The molecule has 86 valence electrons. The van der Waals surface area contributed by atoms with Gasteiger partial charge in [-0.05, 0) is 48.5 Å². The van der Waals surface area contributed by atoms with Crippen molar-refractivity contribution in [2.45, 2.75) is 0 Å². The quantitative estimate of drug-likeness (QED) is 0.504. The molecule has 0 aliphatic carbocycles. The Hall–Kier alpha value is -2.00. The summed E-state index contributed by atoms with van der Waals surface area (Å²) in [6, 6.07) is 13.1. The Balaban J connectivity index is 2.11. The zero-order valence-corrected chi connectivity index (χ0v) is 9.65. The average molecular weight is 248 g/mol. The molecule has 17 heavy (non-hydrogen) atoms. The summed E-state index contributed by atoms with van der Waals surface area (Å²) in [4.78, 5) is 11.7. The third kappa shape index (κ3) is 2.98. The Morgan fingerprint density at radius 1 is 1.00 bits per heavy atom. The van der Waals surface area contributed by atoms with Crippen LogP contribution in [0.1, 0.15) is 10.4 Å². The highest BCUT2D eigenvalue weighted by Crippen LogP contribution is 2.17. The number of rotatable bonds is 2. The maximum Gasteiger partial charge on any atom is 0.343 e. The molecule has 0 spiro atoms. The van der Waals surface area contributed by atoms with Crippen molar-refractivity contribution >= 4 is 23.3 Å². The monoisotopic (exact) mass is 247 g/mol. The third-order valence-corrected chi connectivity index (χ3v) is 2.42. The van der Waals surface area contributed by atoms with Gasteiger partial charge in [-0.15, -0.1) is 0 Å². The summed E-state index contributed by atoms with van der Waals surface area (Å²) in [5.74, 6) is 0.0311. The fraction of sp³-hybridized carbons (Fsp3) is 0. The topological polar surface area (TPSA) is 52.3 Å². The van der Waals surface area contributed by atoms with Crippen molar-refractivity contribution in [3.8, 4) is 5.75 Å². The van der Waals surface area contributed by atoms with E-state index in [0.717, 1.165) is 0 Å². The molecule has 0 radical (unpaired) electrons. The number of anilines is 1. The third-order valence-electron chi connectivity index (χ3n) is 2.17. The van der Waals surface area contributed by atoms with Gasteiger partial charge in [0.2, 0.25) is 0 Å². The van der Waals surface area contributed by atoms with E-state index in [1.807, 2.05) is 0 Å². The lowest BCUT2D eigenvalue weighted by Crippen LogP contribution is -2.08. The van der Waals surface area contributed by atoms with Crippen LogP contribution in [0.4, 0.5) is 5.69 Å². The highest BCUT2D eigenvalue weighted by molar-refractivity contribution is 6.30. The fourth-order valence-corrected chi connectivity index (χ4v) is 1.41. The average Bonchev–Trinajstić information content (AvgIpc) is 2.33. The van der Waals surface area contributed by atoms with Gasteiger partial charge in [-0.3, -0.25) is 0 Å². The van der Waals surface area contributed by atoms with Crippen LogP contribution in [0.5, 0.6) is 5.75 Å². The summed E-state index contributed by atoms with van der Waals surface area (Å²) >= 11 is 5.73. The summed E-state index contributed by atoms with van der Waals surface area (Å²) in [5, 5.41) is 0.595. The van der Waals surface area contributed by atoms with Crippen molar-refractivity contribution in [1.82, 2.24) is 0 Å². The van der Waals surface area contributed by atoms with Gasteiger partial charge in [0.05, 0.1) is 5.56 Å². The predicted molar refractivity (Wildman–Crippen MR) is 67.3 cm³/mol. The first-order valence-electron chi connectivity index (χ1n) is 4.98. The SMILES string of the molecule is Nc1ccc(C(=O)Oc2ccc(Cl)cc2)cc1. The van der Waals surface area contributed by atoms with Crippen molar-refractivity contribution in [2.75, 3.05) is 5.73 Å². The summed E-state index contributed by atoms with van der Waals surface area (Å²) < 4.78 is 5.16. The molecule has 2 rings (SSSR count). The highest BCUT2D eigenvalue weighted by Gasteiger charge is 2.07. The molecule has 0 amide bonds. The Labute approximate surface area is 104 Å². The number of benzene rings is 2. The molecule has 3 nitrogen and oxygen atoms in total. The molecule has 4 heteroatoms. The molecule has 2 N–H and O–H groups in total. The number of hydrogen-bond donors (Lipinski definition) is 1. The minimum absolute atomic E-state index is 0.424. The molecule has 0 aliphatic heterocycles. The van der Waals surface area contributed by atoms with E-state index in [2.05, 4.69) is 0 Å². The second-order valence-electron chi connectivity index (χ2n) is 3.47. The molecule has 0 bridgehead atoms. The van der Waals surface area contributed by atoms with Crippen LogP contribution in [-0.4, -0.2) is 5.97 Å². The Bertz CT molecular complexity index is 520. The molecule has 0 aliphatic rings. The van der Waals surface area contributed by atoms with Crippen LogP contribution in [0.2, 0.25) is 5.02 Å². The minimum atomic E-state index is -0.424. The number of carbonyl (C=O) groups is 1. The Morgan fingerprint density at radius 3 is 2.18 bits per heavy atom. The van der Waals surface area contributed by atoms with E-state index < -0.39 is 5.97 Å². The van der Waals surface area contributed by atoms with Crippen molar-refractivity contribution in [3.05, 3.63) is 59.1 Å². The summed E-state index contributed by atoms with van der Waals surface area (Å²) in [7, 11) is 0. The molecule has 0 atom stereocenters. The molecule has 2 aromatic carbocycles. The Kier molecular flexibility index (Phi) is 3.30. The second kappa shape index (κ2) is 4.89. The zero-order valence-electron chi connectivity index (χ0n) is 8.89. The van der Waals surface area contributed by atoms with Crippen LogP contribution in [0.3, 0.4) is 0 Å². The normalized spacial score (nSPS) is 9.94. The van der Waals surface area contributed by atoms with Gasteiger partial charge in [-0.1, -0.05) is 11.6 Å². The molecule has 0 aromatic heterocycles. The molecule has 0 saturated heterocycles. The zero-order chi connectivity index (χ0) is 12.3. The number of esters is 1. The molecule has 2 aromatic rings. The maximum absolute atomic E-state index is 11.7. The van der Waals surface area contributed by atoms with E-state index in [4.69, 9.17) is 22.1 Å². The molecule has 0 saturated carbocycles. The van der Waals surface area contributed by atoms with Crippen LogP contribution in [-0.2, 0) is 0 Å². The predicted octanol–water partition coefficient (Wildman–Crippen LogP) is 3.14. The first kappa shape index (κ1) is 11.5. The lowest BCUT2D eigenvalue weighted by molar-refractivity contribution is 0.0735. The van der Waals surface area contributed by atoms with E-state index in [-0.39, 0.29) is 0 Å². The molecule has 0 unspecified atom stereocenters. The van der Waals surface area contributed by atoms with Gasteiger partial charge in [0.25, 0.3) is 0 Å². The van der Waals surface area contributed by atoms with E-state index in [0.29, 0.717) is 22.0 Å². The van der Waals surface area contributed by atoms with Crippen molar-refractivity contribution in [2.24, 2.45) is 0 Å². The van der Waals surface area contributed by atoms with Gasteiger partial charge in [-0.25, -0.2) is 4.79 Å². The molecule has 0 fully saturated rings. The Morgan fingerprint density at radius 2 is 1.59 bits per heavy atom. The van der Waals surface area contributed by atoms with Gasteiger partial charge in [0.15, 0.2) is 0 Å². The number of nitrogens with two attached hydrogens (primary N) is 1. The molecule has 0 heterocycles. The van der Waals surface area contributed by atoms with Crippen LogP contribution >= 0.6 is 11.6 Å². The van der Waals surface area contributed by atoms with Crippen LogP contribution < -0.4 is 10.5 Å². The number of ether oxygens (including phenoxy) is 1. The molecular formula is C13H10ClNO2. The van der Waals surface area contributed by atoms with E-state index in [1.165, 1.54) is 0 Å². The summed E-state index contributed by atoms with van der Waals surface area (Å²) in [5.41, 5.74) is 6.59. The lowest BCUT2D eigenvalue weighted by atomic mass is 10.2. The van der Waals surface area contributed by atoms with Crippen LogP contribution in [0.15, 0.2) is 48.5 Å². The van der Waals surface area contributed by atoms with Crippen molar-refractivity contribution in [1.29, 1.82) is 0 Å². The van der Waals surface area contributed by atoms with E-state index in [1.54, 1.807) is 48.5 Å². The minimum Gasteiger partial charge on any atom is -0.423 e. The first-order chi connectivity index (χ1) is 8.15. The van der Waals surface area contributed by atoms with Gasteiger partial charge < -0.3 is 10.5 Å². The number of carbonyl (C=O) groups excluding carboxylic acids is 1. The standard InChI is InChI=1S/C13H10ClNO2/c14-10-3-7-12(8-4-10)17-13(16)9-1-5-11(15)6-2-9/h1-8H,15H2. The number of halogens is 1. The van der Waals surface area contributed by atoms with Crippen LogP contribution in [0, 0.1) is 0 Å². The summed E-state index contributed by atoms with van der Waals surface area (Å²) in [6.45, 7) is 0. The van der Waals surface area contributed by atoms with Gasteiger partial charge in [0.1, 0.15) is 5.75 Å². The number of nitrogen functional groups attached to an aromatic ring is 1. The van der Waals surface area contributed by atoms with E-state index in [9.17, 15) is 4.79 Å². The molecular weight excluding hydrogens is 238 g/mol. The van der Waals surface area contributed by atoms with Gasteiger partial charge in [0, 0.05) is 10.7 Å². The first-order valence-corrected chi connectivity index (χ1v) is 5.36. The van der Waals surface area contributed by atoms with Gasteiger partial charge in [-0.2, -0.15) is 0 Å². The van der Waals surface area contributed by atoms with Crippen LogP contribution in [0.25, 0.3) is 0 Å². The largest absolute Gasteiger partial charge is 0.423 e. The second-order valence-corrected chi connectivity index (χ2v) is 3.90. The highest BCUT2D eigenvalue weighted by atomic mass is 35.5. The summed E-state index contributed by atoms with van der Waals surface area (Å²) in [6.07, 6.45) is 0. The smallest absolute Gasteiger partial charge is 0.343 e. The number of hydrogen-bond acceptors (Lipinski definition) is 3. The van der Waals surface area contributed by atoms with Gasteiger partial charge >= 0.3 is 5.97 Å². The lowest BCUT2D eigenvalue weighted by Gasteiger charge is -2.04. The van der Waals surface area contributed by atoms with Crippen molar-refractivity contribution in [3.63, 3.8) is 0 Å². The van der Waals surface area contributed by atoms with E-state index >= 15 is 0 Å². The maximum atomic E-state index is 11.7. The van der Waals surface area contributed by atoms with Crippen molar-refractivity contribution < 1.29 is 9.53 Å². The fourth-order valence-electron chi connectivity index (χ4n) is 1.29.